The van der Waals surface area contributed by atoms with Crippen LogP contribution in [0.25, 0.3) is 0 Å². The largest absolute Gasteiger partial charge is 0.481 e. The lowest BCUT2D eigenvalue weighted by Crippen LogP contribution is -2.29. The van der Waals surface area contributed by atoms with Crippen molar-refractivity contribution >= 4 is 17.3 Å². The quantitative estimate of drug-likeness (QED) is 0.893. The maximum absolute atomic E-state index is 11.3. The SMILES string of the molecule is CC(C)C1CCC(c2nc(C(C)(C)C(=O)O)cs2)CC1. The Labute approximate surface area is 125 Å². The first-order valence-corrected chi connectivity index (χ1v) is 8.39. The van der Waals surface area contributed by atoms with Gasteiger partial charge in [-0.1, -0.05) is 13.8 Å². The summed E-state index contributed by atoms with van der Waals surface area (Å²) in [7, 11) is 0. The lowest BCUT2D eigenvalue weighted by atomic mass is 9.77. The van der Waals surface area contributed by atoms with Gasteiger partial charge in [-0.15, -0.1) is 11.3 Å². The van der Waals surface area contributed by atoms with Crippen LogP contribution in [0.5, 0.6) is 0 Å². The molecule has 4 heteroatoms. The van der Waals surface area contributed by atoms with Crippen molar-refractivity contribution in [1.29, 1.82) is 0 Å². The summed E-state index contributed by atoms with van der Waals surface area (Å²) < 4.78 is 0. The zero-order valence-electron chi connectivity index (χ0n) is 12.8. The van der Waals surface area contributed by atoms with Crippen LogP contribution in [0.1, 0.15) is 70.0 Å². The van der Waals surface area contributed by atoms with Gasteiger partial charge in [-0.25, -0.2) is 4.98 Å². The number of aliphatic carboxylic acids is 1. The van der Waals surface area contributed by atoms with Crippen LogP contribution in [-0.4, -0.2) is 16.1 Å². The molecule has 1 aliphatic rings. The van der Waals surface area contributed by atoms with Crippen molar-refractivity contribution in [3.8, 4) is 0 Å². The molecule has 1 saturated carbocycles. The Bertz CT molecular complexity index is 471. The van der Waals surface area contributed by atoms with E-state index in [0.29, 0.717) is 11.6 Å². The van der Waals surface area contributed by atoms with Crippen LogP contribution in [0.4, 0.5) is 0 Å². The summed E-state index contributed by atoms with van der Waals surface area (Å²) in [6.45, 7) is 8.07. The van der Waals surface area contributed by atoms with Gasteiger partial charge >= 0.3 is 5.97 Å². The van der Waals surface area contributed by atoms with Crippen LogP contribution < -0.4 is 0 Å². The van der Waals surface area contributed by atoms with Gasteiger partial charge in [0.1, 0.15) is 5.41 Å². The molecule has 0 radical (unpaired) electrons. The Hall–Kier alpha value is -0.900. The molecule has 0 unspecified atom stereocenters. The highest BCUT2D eigenvalue weighted by Crippen LogP contribution is 2.40. The molecule has 112 valence electrons. The highest BCUT2D eigenvalue weighted by molar-refractivity contribution is 7.09. The Balaban J connectivity index is 2.06. The van der Waals surface area contributed by atoms with E-state index in [1.165, 1.54) is 25.7 Å². The van der Waals surface area contributed by atoms with E-state index >= 15 is 0 Å². The first kappa shape index (κ1) is 15.5. The van der Waals surface area contributed by atoms with E-state index in [1.807, 2.05) is 5.38 Å². The zero-order chi connectivity index (χ0) is 14.9. The van der Waals surface area contributed by atoms with Crippen molar-refractivity contribution in [2.24, 2.45) is 11.8 Å². The Morgan fingerprint density at radius 3 is 2.45 bits per heavy atom. The molecule has 0 spiro atoms. The van der Waals surface area contributed by atoms with Gasteiger partial charge in [-0.3, -0.25) is 4.79 Å². The minimum absolute atomic E-state index is 0.536. The Morgan fingerprint density at radius 1 is 1.35 bits per heavy atom. The number of rotatable bonds is 4. The van der Waals surface area contributed by atoms with E-state index < -0.39 is 11.4 Å². The molecule has 20 heavy (non-hydrogen) atoms. The summed E-state index contributed by atoms with van der Waals surface area (Å²) >= 11 is 1.64. The van der Waals surface area contributed by atoms with Crippen molar-refractivity contribution in [3.05, 3.63) is 16.1 Å². The molecule has 1 aromatic rings. The molecule has 0 bridgehead atoms. The molecule has 0 aliphatic heterocycles. The van der Waals surface area contributed by atoms with Gasteiger partial charge in [0.25, 0.3) is 0 Å². The average Bonchev–Trinajstić information content (AvgIpc) is 2.88. The van der Waals surface area contributed by atoms with E-state index in [4.69, 9.17) is 0 Å². The first-order valence-electron chi connectivity index (χ1n) is 7.51. The van der Waals surface area contributed by atoms with E-state index in [9.17, 15) is 9.90 Å². The minimum atomic E-state index is -0.885. The van der Waals surface area contributed by atoms with Crippen LogP contribution >= 0.6 is 11.3 Å². The summed E-state index contributed by atoms with van der Waals surface area (Å²) in [6.07, 6.45) is 4.95. The molecule has 0 aromatic carbocycles. The number of nitrogens with zero attached hydrogens (tertiary/aromatic N) is 1. The highest BCUT2D eigenvalue weighted by atomic mass is 32.1. The second-order valence-corrected chi connectivity index (χ2v) is 7.75. The van der Waals surface area contributed by atoms with Gasteiger partial charge in [-0.05, 0) is 51.4 Å². The molecule has 1 aromatic heterocycles. The van der Waals surface area contributed by atoms with Gasteiger partial charge in [0, 0.05) is 11.3 Å². The summed E-state index contributed by atoms with van der Waals surface area (Å²) in [5.41, 5.74) is -0.180. The monoisotopic (exact) mass is 295 g/mol. The highest BCUT2D eigenvalue weighted by Gasteiger charge is 2.33. The molecule has 1 N–H and O–H groups in total. The third kappa shape index (κ3) is 3.05. The fourth-order valence-corrected chi connectivity index (χ4v) is 4.06. The molecule has 0 saturated heterocycles. The molecule has 1 fully saturated rings. The smallest absolute Gasteiger partial charge is 0.315 e. The summed E-state index contributed by atoms with van der Waals surface area (Å²) in [5, 5.41) is 12.3. The van der Waals surface area contributed by atoms with Crippen LogP contribution in [0.15, 0.2) is 5.38 Å². The van der Waals surface area contributed by atoms with Gasteiger partial charge < -0.3 is 5.11 Å². The minimum Gasteiger partial charge on any atom is -0.481 e. The Morgan fingerprint density at radius 2 is 1.95 bits per heavy atom. The number of hydrogen-bond acceptors (Lipinski definition) is 3. The fourth-order valence-electron chi connectivity index (χ4n) is 2.90. The zero-order valence-corrected chi connectivity index (χ0v) is 13.7. The van der Waals surface area contributed by atoms with E-state index in [-0.39, 0.29) is 0 Å². The fraction of sp³-hybridized carbons (Fsp3) is 0.750. The van der Waals surface area contributed by atoms with Crippen molar-refractivity contribution < 1.29 is 9.90 Å². The van der Waals surface area contributed by atoms with Gasteiger partial charge in [-0.2, -0.15) is 0 Å². The van der Waals surface area contributed by atoms with Crippen LogP contribution in [0.3, 0.4) is 0 Å². The first-order chi connectivity index (χ1) is 9.32. The molecular weight excluding hydrogens is 270 g/mol. The number of hydrogen-bond donors (Lipinski definition) is 1. The normalized spacial score (nSPS) is 24.1. The predicted molar refractivity (Wildman–Crippen MR) is 82.3 cm³/mol. The third-order valence-corrected chi connectivity index (χ3v) is 5.77. The van der Waals surface area contributed by atoms with Gasteiger partial charge in [0.05, 0.1) is 10.7 Å². The topological polar surface area (TPSA) is 50.2 Å². The number of carbonyl (C=O) groups is 1. The third-order valence-electron chi connectivity index (χ3n) is 4.76. The second-order valence-electron chi connectivity index (χ2n) is 6.86. The molecular formula is C16H25NO2S. The lowest BCUT2D eigenvalue weighted by molar-refractivity contribution is -0.142. The van der Waals surface area contributed by atoms with Crippen LogP contribution in [0.2, 0.25) is 0 Å². The standard InChI is InChI=1S/C16H25NO2S/c1-10(2)11-5-7-12(8-6-11)14-17-13(9-20-14)16(3,4)15(18)19/h9-12H,5-8H2,1-4H3,(H,18,19). The molecule has 1 aliphatic carbocycles. The maximum atomic E-state index is 11.3. The average molecular weight is 295 g/mol. The van der Waals surface area contributed by atoms with Gasteiger partial charge in [0.2, 0.25) is 0 Å². The van der Waals surface area contributed by atoms with Crippen molar-refractivity contribution in [2.45, 2.75) is 64.7 Å². The maximum Gasteiger partial charge on any atom is 0.315 e. The van der Waals surface area contributed by atoms with E-state index in [0.717, 1.165) is 16.8 Å². The second kappa shape index (κ2) is 5.84. The number of aromatic nitrogens is 1. The van der Waals surface area contributed by atoms with Crippen molar-refractivity contribution in [3.63, 3.8) is 0 Å². The summed E-state index contributed by atoms with van der Waals surface area (Å²) in [4.78, 5) is 15.9. The van der Waals surface area contributed by atoms with Crippen molar-refractivity contribution in [2.75, 3.05) is 0 Å². The summed E-state index contributed by atoms with van der Waals surface area (Å²) in [5.74, 6) is 1.35. The molecule has 2 rings (SSSR count). The van der Waals surface area contributed by atoms with Crippen LogP contribution in [0, 0.1) is 11.8 Å². The van der Waals surface area contributed by atoms with Gasteiger partial charge in [0.15, 0.2) is 0 Å². The molecule has 3 nitrogen and oxygen atoms in total. The number of thiazole rings is 1. The summed E-state index contributed by atoms with van der Waals surface area (Å²) in [6, 6.07) is 0. The number of carboxylic acids is 1. The molecule has 0 amide bonds. The van der Waals surface area contributed by atoms with E-state index in [2.05, 4.69) is 18.8 Å². The van der Waals surface area contributed by atoms with Crippen LogP contribution in [-0.2, 0) is 10.2 Å². The predicted octanol–water partition coefficient (Wildman–Crippen LogP) is 4.44. The number of carboxylic acid groups (broad SMARTS) is 1. The van der Waals surface area contributed by atoms with Crippen molar-refractivity contribution in [1.82, 2.24) is 4.98 Å². The molecule has 1 heterocycles. The van der Waals surface area contributed by atoms with E-state index in [1.54, 1.807) is 25.2 Å². The lowest BCUT2D eigenvalue weighted by Gasteiger charge is -2.29. The Kier molecular flexibility index (Phi) is 4.52. The molecule has 0 atom stereocenters.